The van der Waals surface area contributed by atoms with Gasteiger partial charge < -0.3 is 5.11 Å². The van der Waals surface area contributed by atoms with E-state index in [9.17, 15) is 13.9 Å². The van der Waals surface area contributed by atoms with Gasteiger partial charge >= 0.3 is 0 Å². The number of hydrogen-bond donors (Lipinski definition) is 1. The number of hydrogen-bond acceptors (Lipinski definition) is 1. The van der Waals surface area contributed by atoms with Crippen molar-refractivity contribution in [3.05, 3.63) is 70.8 Å². The zero-order valence-corrected chi connectivity index (χ0v) is 9.66. The lowest BCUT2D eigenvalue weighted by molar-refractivity contribution is 0.0824. The molecule has 1 aliphatic rings. The van der Waals surface area contributed by atoms with Gasteiger partial charge in [-0.15, -0.1) is 0 Å². The molecule has 0 saturated heterocycles. The van der Waals surface area contributed by atoms with Crippen LogP contribution in [0.1, 0.15) is 23.1 Å². The molecular weight excluding hydrogens is 234 g/mol. The molecule has 1 N–H and O–H groups in total. The fraction of sp³-hybridized carbons (Fsp3) is 0.200. The first-order valence-corrected chi connectivity index (χ1v) is 5.87. The molecule has 0 bridgehead atoms. The molecule has 3 heteroatoms. The summed E-state index contributed by atoms with van der Waals surface area (Å²) in [5, 5.41) is 10.7. The lowest BCUT2D eigenvalue weighted by atomic mass is 9.88. The molecule has 3 rings (SSSR count). The topological polar surface area (TPSA) is 20.2 Å². The number of fused-ring (bicyclic) bond motifs is 1. The molecule has 0 aromatic heterocycles. The average molecular weight is 246 g/mol. The summed E-state index contributed by atoms with van der Waals surface area (Å²) in [6.45, 7) is 0. The van der Waals surface area contributed by atoms with Gasteiger partial charge in [-0.25, -0.2) is 8.78 Å². The molecule has 0 aliphatic heterocycles. The van der Waals surface area contributed by atoms with Gasteiger partial charge in [0.05, 0.1) is 0 Å². The van der Waals surface area contributed by atoms with Crippen molar-refractivity contribution in [3.63, 3.8) is 0 Å². The fourth-order valence-electron chi connectivity index (χ4n) is 2.65. The highest BCUT2D eigenvalue weighted by molar-refractivity contribution is 5.45. The van der Waals surface area contributed by atoms with Crippen LogP contribution in [-0.4, -0.2) is 5.11 Å². The molecule has 2 aromatic rings. The molecule has 1 aliphatic carbocycles. The molecule has 18 heavy (non-hydrogen) atoms. The SMILES string of the molecule is OC1(c2ccc(F)c(F)c2)CCc2ccccc21. The fourth-order valence-corrected chi connectivity index (χ4v) is 2.65. The van der Waals surface area contributed by atoms with Crippen molar-refractivity contribution < 1.29 is 13.9 Å². The van der Waals surface area contributed by atoms with Crippen LogP contribution in [0.25, 0.3) is 0 Å². The maximum Gasteiger partial charge on any atom is 0.159 e. The largest absolute Gasteiger partial charge is 0.380 e. The number of aliphatic hydroxyl groups is 1. The van der Waals surface area contributed by atoms with Crippen molar-refractivity contribution in [1.82, 2.24) is 0 Å². The first kappa shape index (κ1) is 11.4. The summed E-state index contributed by atoms with van der Waals surface area (Å²) in [6, 6.07) is 11.1. The van der Waals surface area contributed by atoms with E-state index in [4.69, 9.17) is 0 Å². The molecular formula is C15H12F2O. The Morgan fingerprint density at radius 1 is 1.00 bits per heavy atom. The highest BCUT2D eigenvalue weighted by Crippen LogP contribution is 2.41. The summed E-state index contributed by atoms with van der Waals surface area (Å²) in [5.74, 6) is -1.82. The molecule has 2 aromatic carbocycles. The van der Waals surface area contributed by atoms with Gasteiger partial charge in [0.25, 0.3) is 0 Å². The normalized spacial score (nSPS) is 21.9. The molecule has 1 atom stereocenters. The standard InChI is InChI=1S/C15H12F2O/c16-13-6-5-11(9-14(13)17)15(18)8-7-10-3-1-2-4-12(10)15/h1-6,9,18H,7-8H2. The second kappa shape index (κ2) is 3.89. The Kier molecular flexibility index (Phi) is 2.45. The molecule has 1 nitrogen and oxygen atoms in total. The summed E-state index contributed by atoms with van der Waals surface area (Å²) in [5.41, 5.74) is 1.05. The van der Waals surface area contributed by atoms with Crippen LogP contribution in [0.15, 0.2) is 42.5 Å². The van der Waals surface area contributed by atoms with E-state index in [-0.39, 0.29) is 0 Å². The van der Waals surface area contributed by atoms with Crippen molar-refractivity contribution in [2.45, 2.75) is 18.4 Å². The Morgan fingerprint density at radius 2 is 1.78 bits per heavy atom. The smallest absolute Gasteiger partial charge is 0.159 e. The third kappa shape index (κ3) is 1.55. The van der Waals surface area contributed by atoms with Gasteiger partial charge in [0.2, 0.25) is 0 Å². The molecule has 0 heterocycles. The number of halogens is 2. The Morgan fingerprint density at radius 3 is 2.56 bits per heavy atom. The van der Waals surface area contributed by atoms with E-state index in [0.717, 1.165) is 29.7 Å². The van der Waals surface area contributed by atoms with Crippen molar-refractivity contribution in [2.24, 2.45) is 0 Å². The van der Waals surface area contributed by atoms with Crippen LogP contribution in [0.2, 0.25) is 0 Å². The molecule has 1 unspecified atom stereocenters. The molecule has 0 saturated carbocycles. The Bertz CT molecular complexity index is 609. The van der Waals surface area contributed by atoms with E-state index in [1.54, 1.807) is 0 Å². The zero-order chi connectivity index (χ0) is 12.8. The van der Waals surface area contributed by atoms with Crippen molar-refractivity contribution >= 4 is 0 Å². The predicted molar refractivity (Wildman–Crippen MR) is 64.1 cm³/mol. The maximum atomic E-state index is 13.3. The van der Waals surface area contributed by atoms with Crippen LogP contribution >= 0.6 is 0 Å². The van der Waals surface area contributed by atoms with Gasteiger partial charge in [-0.1, -0.05) is 30.3 Å². The highest BCUT2D eigenvalue weighted by Gasteiger charge is 2.38. The van der Waals surface area contributed by atoms with Crippen LogP contribution in [0.4, 0.5) is 8.78 Å². The van der Waals surface area contributed by atoms with E-state index >= 15 is 0 Å². The molecule has 0 spiro atoms. The third-order valence-corrected chi connectivity index (χ3v) is 3.62. The second-order valence-corrected chi connectivity index (χ2v) is 4.65. The van der Waals surface area contributed by atoms with Gasteiger partial charge in [0.1, 0.15) is 5.60 Å². The summed E-state index contributed by atoms with van der Waals surface area (Å²) < 4.78 is 26.2. The van der Waals surface area contributed by atoms with Crippen molar-refractivity contribution in [3.8, 4) is 0 Å². The van der Waals surface area contributed by atoms with Gasteiger partial charge in [0, 0.05) is 0 Å². The molecule has 0 amide bonds. The van der Waals surface area contributed by atoms with E-state index in [1.165, 1.54) is 6.07 Å². The second-order valence-electron chi connectivity index (χ2n) is 4.65. The van der Waals surface area contributed by atoms with E-state index < -0.39 is 17.2 Å². The number of aryl methyl sites for hydroxylation is 1. The van der Waals surface area contributed by atoms with Crippen molar-refractivity contribution in [2.75, 3.05) is 0 Å². The third-order valence-electron chi connectivity index (χ3n) is 3.62. The first-order valence-electron chi connectivity index (χ1n) is 5.87. The summed E-state index contributed by atoms with van der Waals surface area (Å²) >= 11 is 0. The number of rotatable bonds is 1. The quantitative estimate of drug-likeness (QED) is 0.819. The number of benzene rings is 2. The van der Waals surface area contributed by atoms with E-state index in [1.807, 2.05) is 24.3 Å². The van der Waals surface area contributed by atoms with Gasteiger partial charge in [-0.3, -0.25) is 0 Å². The van der Waals surface area contributed by atoms with E-state index in [2.05, 4.69) is 0 Å². The summed E-state index contributed by atoms with van der Waals surface area (Å²) in [4.78, 5) is 0. The summed E-state index contributed by atoms with van der Waals surface area (Å²) in [7, 11) is 0. The minimum Gasteiger partial charge on any atom is -0.380 e. The van der Waals surface area contributed by atoms with Crippen LogP contribution in [0.3, 0.4) is 0 Å². The summed E-state index contributed by atoms with van der Waals surface area (Å²) in [6.07, 6.45) is 1.24. The van der Waals surface area contributed by atoms with E-state index in [0.29, 0.717) is 12.0 Å². The average Bonchev–Trinajstić information content (AvgIpc) is 2.73. The zero-order valence-electron chi connectivity index (χ0n) is 9.66. The molecule has 0 radical (unpaired) electrons. The Labute approximate surface area is 104 Å². The molecule has 0 fully saturated rings. The lowest BCUT2D eigenvalue weighted by Crippen LogP contribution is -2.24. The minimum absolute atomic E-state index is 0.409. The van der Waals surface area contributed by atoms with Gasteiger partial charge in [-0.05, 0) is 41.7 Å². The van der Waals surface area contributed by atoms with Gasteiger partial charge in [-0.2, -0.15) is 0 Å². The highest BCUT2D eigenvalue weighted by atomic mass is 19.2. The Hall–Kier alpha value is -1.74. The van der Waals surface area contributed by atoms with Crippen LogP contribution in [0, 0.1) is 11.6 Å². The maximum absolute atomic E-state index is 13.3. The lowest BCUT2D eigenvalue weighted by Gasteiger charge is -2.24. The minimum atomic E-state index is -1.20. The Balaban J connectivity index is 2.14. The molecule has 92 valence electrons. The van der Waals surface area contributed by atoms with Crippen molar-refractivity contribution in [1.29, 1.82) is 0 Å². The van der Waals surface area contributed by atoms with Crippen LogP contribution in [0.5, 0.6) is 0 Å². The predicted octanol–water partition coefficient (Wildman–Crippen LogP) is 3.15. The van der Waals surface area contributed by atoms with Crippen LogP contribution < -0.4 is 0 Å². The monoisotopic (exact) mass is 246 g/mol. The van der Waals surface area contributed by atoms with Gasteiger partial charge in [0.15, 0.2) is 11.6 Å². The van der Waals surface area contributed by atoms with Crippen LogP contribution in [-0.2, 0) is 12.0 Å². The first-order chi connectivity index (χ1) is 8.61.